The SMILES string of the molecule is O=S(=O)(c1cccc(Cl)c1)c1c(-c2ccccc2)nc2ccccn12. The Morgan fingerprint density at radius 2 is 1.64 bits per heavy atom. The van der Waals surface area contributed by atoms with Gasteiger partial charge in [0.1, 0.15) is 11.3 Å². The summed E-state index contributed by atoms with van der Waals surface area (Å²) in [5.74, 6) is 0. The predicted octanol–water partition coefficient (Wildman–Crippen LogP) is 4.49. The van der Waals surface area contributed by atoms with Crippen molar-refractivity contribution in [3.8, 4) is 11.3 Å². The maximum Gasteiger partial charge on any atom is 0.224 e. The standard InChI is InChI=1S/C19H13ClN2O2S/c20-15-9-6-10-16(13-15)25(23,24)19-18(14-7-2-1-3-8-14)21-17-11-4-5-12-22(17)19/h1-13H. The first-order valence-electron chi connectivity index (χ1n) is 7.60. The van der Waals surface area contributed by atoms with Crippen LogP contribution in [0.2, 0.25) is 5.02 Å². The van der Waals surface area contributed by atoms with Crippen LogP contribution in [0, 0.1) is 0 Å². The molecule has 2 aromatic carbocycles. The molecular formula is C19H13ClN2O2S. The van der Waals surface area contributed by atoms with Crippen molar-refractivity contribution in [2.75, 3.05) is 0 Å². The first-order valence-corrected chi connectivity index (χ1v) is 9.47. The third-order valence-electron chi connectivity index (χ3n) is 3.89. The number of hydrogen-bond donors (Lipinski definition) is 0. The average molecular weight is 369 g/mol. The number of imidazole rings is 1. The molecule has 0 amide bonds. The summed E-state index contributed by atoms with van der Waals surface area (Å²) < 4.78 is 28.3. The van der Waals surface area contributed by atoms with E-state index >= 15 is 0 Å². The highest BCUT2D eigenvalue weighted by Crippen LogP contribution is 2.32. The van der Waals surface area contributed by atoms with Crippen molar-refractivity contribution < 1.29 is 8.42 Å². The number of hydrogen-bond acceptors (Lipinski definition) is 3. The molecule has 0 aliphatic rings. The van der Waals surface area contributed by atoms with Gasteiger partial charge in [-0.25, -0.2) is 13.4 Å². The quantitative estimate of drug-likeness (QED) is 0.535. The van der Waals surface area contributed by atoms with Crippen molar-refractivity contribution in [1.29, 1.82) is 0 Å². The third kappa shape index (κ3) is 2.71. The minimum absolute atomic E-state index is 0.136. The van der Waals surface area contributed by atoms with Gasteiger partial charge in [-0.05, 0) is 30.3 Å². The largest absolute Gasteiger partial charge is 0.290 e. The topological polar surface area (TPSA) is 51.4 Å². The molecule has 0 saturated carbocycles. The van der Waals surface area contributed by atoms with Crippen LogP contribution in [0.1, 0.15) is 0 Å². The highest BCUT2D eigenvalue weighted by atomic mass is 35.5. The van der Waals surface area contributed by atoms with Crippen molar-refractivity contribution in [3.05, 3.63) is 84.0 Å². The normalized spacial score (nSPS) is 11.7. The van der Waals surface area contributed by atoms with Gasteiger partial charge in [-0.3, -0.25) is 4.40 Å². The Morgan fingerprint density at radius 1 is 0.880 bits per heavy atom. The lowest BCUT2D eigenvalue weighted by Crippen LogP contribution is -2.07. The highest BCUT2D eigenvalue weighted by Gasteiger charge is 2.28. The molecule has 0 aliphatic heterocycles. The van der Waals surface area contributed by atoms with Crippen LogP contribution in [-0.4, -0.2) is 17.8 Å². The zero-order valence-corrected chi connectivity index (χ0v) is 14.6. The second-order valence-electron chi connectivity index (χ2n) is 5.52. The number of benzene rings is 2. The van der Waals surface area contributed by atoms with E-state index < -0.39 is 9.84 Å². The number of pyridine rings is 1. The zero-order chi connectivity index (χ0) is 17.4. The molecule has 0 spiro atoms. The van der Waals surface area contributed by atoms with Crippen molar-refractivity contribution in [2.24, 2.45) is 0 Å². The second-order valence-corrected chi connectivity index (χ2v) is 7.82. The summed E-state index contributed by atoms with van der Waals surface area (Å²) in [5.41, 5.74) is 1.74. The Balaban J connectivity index is 2.07. The Bertz CT molecular complexity index is 1170. The van der Waals surface area contributed by atoms with Crippen LogP contribution in [0.3, 0.4) is 0 Å². The lowest BCUT2D eigenvalue weighted by atomic mass is 10.2. The molecule has 25 heavy (non-hydrogen) atoms. The van der Waals surface area contributed by atoms with Crippen LogP contribution in [0.4, 0.5) is 0 Å². The zero-order valence-electron chi connectivity index (χ0n) is 13.0. The first kappa shape index (κ1) is 15.9. The number of aromatic nitrogens is 2. The van der Waals surface area contributed by atoms with Gasteiger partial charge >= 0.3 is 0 Å². The fourth-order valence-electron chi connectivity index (χ4n) is 2.76. The van der Waals surface area contributed by atoms with Gasteiger partial charge < -0.3 is 0 Å². The summed E-state index contributed by atoms with van der Waals surface area (Å²) in [4.78, 5) is 4.69. The summed E-state index contributed by atoms with van der Waals surface area (Å²) in [6, 6.07) is 20.9. The van der Waals surface area contributed by atoms with Crippen LogP contribution < -0.4 is 0 Å². The smallest absolute Gasteiger partial charge is 0.224 e. The minimum atomic E-state index is -3.81. The lowest BCUT2D eigenvalue weighted by molar-refractivity contribution is 0.591. The Labute approximate surface area is 150 Å². The first-order chi connectivity index (χ1) is 12.1. The van der Waals surface area contributed by atoms with Gasteiger partial charge in [0, 0.05) is 16.8 Å². The molecular weight excluding hydrogens is 356 g/mol. The summed E-state index contributed by atoms with van der Waals surface area (Å²) >= 11 is 6.00. The molecule has 0 atom stereocenters. The third-order valence-corrected chi connectivity index (χ3v) is 5.90. The van der Waals surface area contributed by atoms with Gasteiger partial charge in [0.2, 0.25) is 9.84 Å². The maximum absolute atomic E-state index is 13.3. The fourth-order valence-corrected chi connectivity index (χ4v) is 4.61. The van der Waals surface area contributed by atoms with E-state index in [0.717, 1.165) is 5.56 Å². The summed E-state index contributed by atoms with van der Waals surface area (Å²) in [5, 5.41) is 0.507. The molecule has 0 fully saturated rings. The number of fused-ring (bicyclic) bond motifs is 1. The van der Waals surface area contributed by atoms with E-state index in [0.29, 0.717) is 16.4 Å². The van der Waals surface area contributed by atoms with E-state index in [1.165, 1.54) is 6.07 Å². The Hall–Kier alpha value is -2.63. The molecule has 124 valence electrons. The highest BCUT2D eigenvalue weighted by molar-refractivity contribution is 7.91. The van der Waals surface area contributed by atoms with E-state index in [1.54, 1.807) is 40.9 Å². The molecule has 0 saturated heterocycles. The van der Waals surface area contributed by atoms with Crippen LogP contribution in [-0.2, 0) is 9.84 Å². The van der Waals surface area contributed by atoms with Gasteiger partial charge in [-0.15, -0.1) is 0 Å². The molecule has 2 aromatic heterocycles. The van der Waals surface area contributed by atoms with Gasteiger partial charge in [0.05, 0.1) is 4.90 Å². The number of sulfone groups is 1. The van der Waals surface area contributed by atoms with Crippen LogP contribution in [0.15, 0.2) is 88.9 Å². The predicted molar refractivity (Wildman–Crippen MR) is 97.5 cm³/mol. The number of rotatable bonds is 3. The van der Waals surface area contributed by atoms with Gasteiger partial charge in [-0.1, -0.05) is 54.1 Å². The number of nitrogens with zero attached hydrogens (tertiary/aromatic N) is 2. The molecule has 0 N–H and O–H groups in total. The van der Waals surface area contributed by atoms with Gasteiger partial charge in [0.25, 0.3) is 0 Å². The van der Waals surface area contributed by atoms with Crippen molar-refractivity contribution >= 4 is 27.1 Å². The second kappa shape index (κ2) is 6.02. The van der Waals surface area contributed by atoms with E-state index in [4.69, 9.17) is 11.6 Å². The van der Waals surface area contributed by atoms with Crippen LogP contribution in [0.25, 0.3) is 16.9 Å². The number of halogens is 1. The summed E-state index contributed by atoms with van der Waals surface area (Å²) in [6.07, 6.45) is 1.70. The summed E-state index contributed by atoms with van der Waals surface area (Å²) in [6.45, 7) is 0. The average Bonchev–Trinajstić information content (AvgIpc) is 3.03. The molecule has 0 aliphatic carbocycles. The molecule has 6 heteroatoms. The van der Waals surface area contributed by atoms with E-state index in [1.807, 2.05) is 36.4 Å². The molecule has 0 bridgehead atoms. The van der Waals surface area contributed by atoms with Crippen LogP contribution >= 0.6 is 11.6 Å². The van der Waals surface area contributed by atoms with E-state index in [2.05, 4.69) is 4.98 Å². The lowest BCUT2D eigenvalue weighted by Gasteiger charge is -2.08. The van der Waals surface area contributed by atoms with Gasteiger partial charge in [0.15, 0.2) is 5.03 Å². The van der Waals surface area contributed by atoms with Gasteiger partial charge in [-0.2, -0.15) is 0 Å². The van der Waals surface area contributed by atoms with Crippen molar-refractivity contribution in [1.82, 2.24) is 9.38 Å². The van der Waals surface area contributed by atoms with Crippen molar-refractivity contribution in [2.45, 2.75) is 9.92 Å². The minimum Gasteiger partial charge on any atom is -0.290 e. The molecule has 4 nitrogen and oxygen atoms in total. The fraction of sp³-hybridized carbons (Fsp3) is 0. The molecule has 2 heterocycles. The molecule has 4 aromatic rings. The monoisotopic (exact) mass is 368 g/mol. The Kier molecular flexibility index (Phi) is 3.82. The van der Waals surface area contributed by atoms with Crippen molar-refractivity contribution in [3.63, 3.8) is 0 Å². The maximum atomic E-state index is 13.3. The molecule has 0 radical (unpaired) electrons. The molecule has 4 rings (SSSR count). The van der Waals surface area contributed by atoms with E-state index in [-0.39, 0.29) is 9.92 Å². The van der Waals surface area contributed by atoms with Crippen LogP contribution in [0.5, 0.6) is 0 Å². The van der Waals surface area contributed by atoms with E-state index in [9.17, 15) is 8.42 Å². The summed E-state index contributed by atoms with van der Waals surface area (Å²) in [7, 11) is -3.81. The molecule has 0 unspecified atom stereocenters. The Morgan fingerprint density at radius 3 is 2.40 bits per heavy atom.